The molecule has 0 unspecified atom stereocenters. The Kier molecular flexibility index (Phi) is 9.55. The highest BCUT2D eigenvalue weighted by atomic mass is 127. The summed E-state index contributed by atoms with van der Waals surface area (Å²) in [4.78, 5) is 7.67. The van der Waals surface area contributed by atoms with Crippen molar-refractivity contribution in [3.63, 3.8) is 0 Å². The van der Waals surface area contributed by atoms with Crippen LogP contribution in [0.3, 0.4) is 0 Å². The summed E-state index contributed by atoms with van der Waals surface area (Å²) >= 11 is 0.985. The van der Waals surface area contributed by atoms with Crippen molar-refractivity contribution in [2.24, 2.45) is 16.3 Å². The summed E-state index contributed by atoms with van der Waals surface area (Å²) in [7, 11) is 1.63. The van der Waals surface area contributed by atoms with Crippen LogP contribution >= 0.6 is 35.3 Å². The summed E-state index contributed by atoms with van der Waals surface area (Å²) in [5, 5.41) is 7.62. The second-order valence-electron chi connectivity index (χ2n) is 6.67. The number of guanidine groups is 1. The van der Waals surface area contributed by atoms with Crippen LogP contribution in [-0.2, 0) is 12.7 Å². The summed E-state index contributed by atoms with van der Waals surface area (Å²) in [6.07, 6.45) is -3.33. The van der Waals surface area contributed by atoms with Crippen LogP contribution in [0, 0.1) is 11.3 Å². The summed E-state index contributed by atoms with van der Waals surface area (Å²) in [5.41, 5.74) is -0.739. The molecule has 0 atom stereocenters. The standard InChI is InChI=1S/C15H25F3N4S.HI/c1-10(2)6-14(3,4)9-21-13(19-5)20-7-12-22-11(8-23-12)15(16,17)18;/h8,10H,6-7,9H2,1-5H3,(H2,19,20,21);1H. The Bertz CT molecular complexity index is 527. The number of thiazole rings is 1. The smallest absolute Gasteiger partial charge is 0.356 e. The zero-order valence-corrected chi connectivity index (χ0v) is 17.8. The molecule has 0 bridgehead atoms. The molecule has 0 amide bonds. The third kappa shape index (κ3) is 8.50. The molecule has 0 fully saturated rings. The van der Waals surface area contributed by atoms with Crippen LogP contribution < -0.4 is 10.6 Å². The maximum atomic E-state index is 12.5. The molecule has 0 saturated carbocycles. The Morgan fingerprint density at radius 2 is 1.92 bits per heavy atom. The van der Waals surface area contributed by atoms with E-state index in [9.17, 15) is 13.2 Å². The van der Waals surface area contributed by atoms with E-state index in [1.807, 2.05) is 0 Å². The van der Waals surface area contributed by atoms with Gasteiger partial charge in [0.25, 0.3) is 0 Å². The van der Waals surface area contributed by atoms with Gasteiger partial charge in [-0.1, -0.05) is 27.7 Å². The second kappa shape index (κ2) is 9.79. The number of aliphatic imine (C=N–C) groups is 1. The zero-order valence-electron chi connectivity index (χ0n) is 14.6. The Labute approximate surface area is 162 Å². The average Bonchev–Trinajstić information content (AvgIpc) is 2.86. The third-order valence-corrected chi connectivity index (χ3v) is 4.02. The molecule has 4 nitrogen and oxygen atoms in total. The van der Waals surface area contributed by atoms with E-state index in [-0.39, 0.29) is 35.9 Å². The molecule has 1 aromatic heterocycles. The summed E-state index contributed by atoms with van der Waals surface area (Å²) in [6.45, 7) is 9.64. The maximum absolute atomic E-state index is 12.5. The lowest BCUT2D eigenvalue weighted by atomic mass is 9.84. The zero-order chi connectivity index (χ0) is 17.7. The van der Waals surface area contributed by atoms with Crippen molar-refractivity contribution in [1.29, 1.82) is 0 Å². The van der Waals surface area contributed by atoms with E-state index in [1.54, 1.807) is 7.05 Å². The normalized spacial score (nSPS) is 13.0. The quantitative estimate of drug-likeness (QED) is 0.359. The third-order valence-electron chi connectivity index (χ3n) is 3.17. The highest BCUT2D eigenvalue weighted by molar-refractivity contribution is 14.0. The van der Waals surface area contributed by atoms with E-state index < -0.39 is 11.9 Å². The fraction of sp³-hybridized carbons (Fsp3) is 0.733. The summed E-state index contributed by atoms with van der Waals surface area (Å²) in [6, 6.07) is 0. The minimum atomic E-state index is -4.39. The Balaban J connectivity index is 0.00000529. The van der Waals surface area contributed by atoms with Gasteiger partial charge in [-0.15, -0.1) is 35.3 Å². The molecule has 0 aromatic carbocycles. The van der Waals surface area contributed by atoms with Gasteiger partial charge in [-0.05, 0) is 17.8 Å². The van der Waals surface area contributed by atoms with Gasteiger partial charge in [-0.3, -0.25) is 4.99 Å². The van der Waals surface area contributed by atoms with Gasteiger partial charge in [-0.2, -0.15) is 13.2 Å². The predicted octanol–water partition coefficient (Wildman–Crippen LogP) is 4.52. The molecule has 1 rings (SSSR count). The number of halogens is 4. The number of alkyl halides is 3. The minimum Gasteiger partial charge on any atom is -0.356 e. The minimum absolute atomic E-state index is 0. The Morgan fingerprint density at radius 3 is 2.38 bits per heavy atom. The van der Waals surface area contributed by atoms with Gasteiger partial charge in [-0.25, -0.2) is 4.98 Å². The molecule has 24 heavy (non-hydrogen) atoms. The average molecular weight is 478 g/mol. The van der Waals surface area contributed by atoms with E-state index >= 15 is 0 Å². The molecule has 0 radical (unpaired) electrons. The van der Waals surface area contributed by atoms with Crippen molar-refractivity contribution in [1.82, 2.24) is 15.6 Å². The molecule has 2 N–H and O–H groups in total. The molecular weight excluding hydrogens is 452 g/mol. The highest BCUT2D eigenvalue weighted by Crippen LogP contribution is 2.30. The van der Waals surface area contributed by atoms with E-state index in [1.165, 1.54) is 0 Å². The first-order valence-corrected chi connectivity index (χ1v) is 8.37. The molecule has 1 aromatic rings. The van der Waals surface area contributed by atoms with Crippen LogP contribution in [0.5, 0.6) is 0 Å². The van der Waals surface area contributed by atoms with Crippen LogP contribution in [0.1, 0.15) is 44.8 Å². The van der Waals surface area contributed by atoms with Crippen molar-refractivity contribution in [2.75, 3.05) is 13.6 Å². The second-order valence-corrected chi connectivity index (χ2v) is 7.61. The molecule has 140 valence electrons. The fourth-order valence-corrected chi connectivity index (χ4v) is 3.14. The Morgan fingerprint density at radius 1 is 1.29 bits per heavy atom. The molecule has 0 aliphatic rings. The van der Waals surface area contributed by atoms with Crippen LogP contribution in [0.25, 0.3) is 0 Å². The first kappa shape index (κ1) is 23.4. The molecular formula is C15H26F3IN4S. The molecule has 0 aliphatic carbocycles. The monoisotopic (exact) mass is 478 g/mol. The largest absolute Gasteiger partial charge is 0.434 e. The van der Waals surface area contributed by atoms with E-state index in [0.29, 0.717) is 16.9 Å². The number of nitrogens with one attached hydrogen (secondary N) is 2. The fourth-order valence-electron chi connectivity index (χ4n) is 2.40. The lowest BCUT2D eigenvalue weighted by molar-refractivity contribution is -0.140. The van der Waals surface area contributed by atoms with Crippen LogP contribution in [0.2, 0.25) is 0 Å². The maximum Gasteiger partial charge on any atom is 0.434 e. The SMILES string of the molecule is CN=C(NCc1nc(C(F)(F)F)cs1)NCC(C)(C)CC(C)C.I. The number of hydrogen-bond donors (Lipinski definition) is 2. The number of rotatable bonds is 6. The highest BCUT2D eigenvalue weighted by Gasteiger charge is 2.33. The summed E-state index contributed by atoms with van der Waals surface area (Å²) < 4.78 is 37.5. The van der Waals surface area contributed by atoms with Gasteiger partial charge in [0, 0.05) is 19.0 Å². The van der Waals surface area contributed by atoms with Crippen molar-refractivity contribution < 1.29 is 13.2 Å². The van der Waals surface area contributed by atoms with E-state index in [0.717, 1.165) is 29.7 Å². The summed E-state index contributed by atoms with van der Waals surface area (Å²) in [5.74, 6) is 1.16. The van der Waals surface area contributed by atoms with Crippen LogP contribution in [0.15, 0.2) is 10.4 Å². The number of hydrogen-bond acceptors (Lipinski definition) is 3. The molecule has 0 saturated heterocycles. The predicted molar refractivity (Wildman–Crippen MR) is 104 cm³/mol. The van der Waals surface area contributed by atoms with Gasteiger partial charge < -0.3 is 10.6 Å². The lowest BCUT2D eigenvalue weighted by Crippen LogP contribution is -2.42. The first-order chi connectivity index (χ1) is 10.5. The van der Waals surface area contributed by atoms with Crippen molar-refractivity contribution in [3.05, 3.63) is 16.1 Å². The van der Waals surface area contributed by atoms with Crippen molar-refractivity contribution >= 4 is 41.3 Å². The molecule has 0 aliphatic heterocycles. The molecule has 1 heterocycles. The number of aromatic nitrogens is 1. The van der Waals surface area contributed by atoms with Gasteiger partial charge in [0.15, 0.2) is 11.7 Å². The van der Waals surface area contributed by atoms with Gasteiger partial charge in [0.1, 0.15) is 5.01 Å². The van der Waals surface area contributed by atoms with Crippen molar-refractivity contribution in [2.45, 2.75) is 46.8 Å². The molecule has 0 spiro atoms. The van der Waals surface area contributed by atoms with Crippen molar-refractivity contribution in [3.8, 4) is 0 Å². The van der Waals surface area contributed by atoms with Gasteiger partial charge in [0.05, 0.1) is 6.54 Å². The Hall–Kier alpha value is -0.580. The van der Waals surface area contributed by atoms with Crippen LogP contribution in [-0.4, -0.2) is 24.5 Å². The van der Waals surface area contributed by atoms with Crippen LogP contribution in [0.4, 0.5) is 13.2 Å². The van der Waals surface area contributed by atoms with Gasteiger partial charge >= 0.3 is 6.18 Å². The van der Waals surface area contributed by atoms with Gasteiger partial charge in [0.2, 0.25) is 0 Å². The number of nitrogens with zero attached hydrogens (tertiary/aromatic N) is 2. The topological polar surface area (TPSA) is 49.3 Å². The first-order valence-electron chi connectivity index (χ1n) is 7.49. The van der Waals surface area contributed by atoms with E-state index in [4.69, 9.17) is 0 Å². The molecule has 9 heteroatoms. The van der Waals surface area contributed by atoms with E-state index in [2.05, 4.69) is 48.3 Å². The lowest BCUT2D eigenvalue weighted by Gasteiger charge is -2.27.